The molecule has 19 heavy (non-hydrogen) atoms. The molecule has 1 aliphatic rings. The molecule has 1 aliphatic heterocycles. The molecule has 0 atom stereocenters. The third-order valence-electron chi connectivity index (χ3n) is 2.98. The highest BCUT2D eigenvalue weighted by Crippen LogP contribution is 2.26. The predicted octanol–water partition coefficient (Wildman–Crippen LogP) is 2.27. The van der Waals surface area contributed by atoms with Gasteiger partial charge in [0.25, 0.3) is 0 Å². The van der Waals surface area contributed by atoms with Crippen molar-refractivity contribution in [2.24, 2.45) is 0 Å². The molecule has 0 N–H and O–H groups in total. The van der Waals surface area contributed by atoms with E-state index in [-0.39, 0.29) is 0 Å². The zero-order valence-corrected chi connectivity index (χ0v) is 11.1. The van der Waals surface area contributed by atoms with E-state index in [1.165, 1.54) is 0 Å². The lowest BCUT2D eigenvalue weighted by atomic mass is 10.1. The van der Waals surface area contributed by atoms with Crippen molar-refractivity contribution < 1.29 is 9.47 Å². The Kier molecular flexibility index (Phi) is 3.31. The van der Waals surface area contributed by atoms with Gasteiger partial charge in [-0.15, -0.1) is 0 Å². The number of rotatable bonds is 2. The molecule has 0 bridgehead atoms. The number of nitrogens with zero attached hydrogens (tertiary/aromatic N) is 3. The second kappa shape index (κ2) is 5.11. The first kappa shape index (κ1) is 12.3. The average Bonchev–Trinajstić information content (AvgIpc) is 2.47. The fourth-order valence-corrected chi connectivity index (χ4v) is 2.20. The van der Waals surface area contributed by atoms with Crippen molar-refractivity contribution in [3.63, 3.8) is 0 Å². The molecule has 0 unspecified atom stereocenters. The van der Waals surface area contributed by atoms with Crippen molar-refractivity contribution in [1.82, 2.24) is 15.0 Å². The van der Waals surface area contributed by atoms with Crippen LogP contribution in [0.4, 0.5) is 0 Å². The molecular weight excluding hydrogens is 266 g/mol. The van der Waals surface area contributed by atoms with Crippen molar-refractivity contribution in [3.05, 3.63) is 34.7 Å². The Morgan fingerprint density at radius 3 is 2.95 bits per heavy atom. The number of pyridine rings is 1. The van der Waals surface area contributed by atoms with Gasteiger partial charge >= 0.3 is 0 Å². The van der Waals surface area contributed by atoms with Gasteiger partial charge in [-0.05, 0) is 6.07 Å². The van der Waals surface area contributed by atoms with Gasteiger partial charge in [0.2, 0.25) is 5.88 Å². The lowest BCUT2D eigenvalue weighted by molar-refractivity contribution is 0.109. The molecule has 0 aliphatic carbocycles. The average molecular weight is 278 g/mol. The topological polar surface area (TPSA) is 57.1 Å². The van der Waals surface area contributed by atoms with Crippen LogP contribution >= 0.6 is 11.6 Å². The molecule has 0 aromatic carbocycles. The van der Waals surface area contributed by atoms with E-state index in [2.05, 4.69) is 15.0 Å². The maximum absolute atomic E-state index is 6.18. The van der Waals surface area contributed by atoms with Crippen LogP contribution in [0, 0.1) is 0 Å². The standard InChI is InChI=1S/C13H12ClN3O2/c1-18-11-3-2-8(6-15-11)13-16-10-4-5-19-7-9(10)12(14)17-13/h2-3,6H,4-5,7H2,1H3. The van der Waals surface area contributed by atoms with E-state index in [0.717, 1.165) is 23.2 Å². The molecule has 3 heterocycles. The lowest BCUT2D eigenvalue weighted by Gasteiger charge is -2.17. The summed E-state index contributed by atoms with van der Waals surface area (Å²) in [4.78, 5) is 13.0. The summed E-state index contributed by atoms with van der Waals surface area (Å²) in [5, 5.41) is 0.454. The minimum absolute atomic E-state index is 0.454. The Labute approximate surface area is 115 Å². The molecule has 2 aromatic heterocycles. The monoisotopic (exact) mass is 277 g/mol. The van der Waals surface area contributed by atoms with E-state index < -0.39 is 0 Å². The van der Waals surface area contributed by atoms with Crippen molar-refractivity contribution in [2.75, 3.05) is 13.7 Å². The molecule has 0 radical (unpaired) electrons. The molecule has 0 saturated carbocycles. The molecule has 5 nitrogen and oxygen atoms in total. The van der Waals surface area contributed by atoms with Gasteiger partial charge in [0, 0.05) is 29.8 Å². The first-order valence-electron chi connectivity index (χ1n) is 5.91. The summed E-state index contributed by atoms with van der Waals surface area (Å²) < 4.78 is 10.4. The maximum atomic E-state index is 6.18. The van der Waals surface area contributed by atoms with Crippen LogP contribution in [0.15, 0.2) is 18.3 Å². The van der Waals surface area contributed by atoms with Gasteiger partial charge in [-0.2, -0.15) is 0 Å². The lowest BCUT2D eigenvalue weighted by Crippen LogP contribution is -2.14. The van der Waals surface area contributed by atoms with Gasteiger partial charge in [0.1, 0.15) is 5.15 Å². The van der Waals surface area contributed by atoms with Crippen LogP contribution in [0.1, 0.15) is 11.3 Å². The number of hydrogen-bond donors (Lipinski definition) is 0. The van der Waals surface area contributed by atoms with Crippen LogP contribution in [0.2, 0.25) is 5.15 Å². The number of halogens is 1. The van der Waals surface area contributed by atoms with Crippen molar-refractivity contribution >= 4 is 11.6 Å². The van der Waals surface area contributed by atoms with Crippen LogP contribution in [-0.2, 0) is 17.8 Å². The zero-order valence-electron chi connectivity index (χ0n) is 10.4. The summed E-state index contributed by atoms with van der Waals surface area (Å²) in [6, 6.07) is 3.64. The smallest absolute Gasteiger partial charge is 0.212 e. The van der Waals surface area contributed by atoms with Crippen LogP contribution in [0.3, 0.4) is 0 Å². The normalized spacial score (nSPS) is 14.0. The van der Waals surface area contributed by atoms with E-state index in [9.17, 15) is 0 Å². The molecule has 0 saturated heterocycles. The van der Waals surface area contributed by atoms with Gasteiger partial charge in [0.05, 0.1) is 26.0 Å². The van der Waals surface area contributed by atoms with Crippen molar-refractivity contribution in [1.29, 1.82) is 0 Å². The minimum Gasteiger partial charge on any atom is -0.481 e. The first-order chi connectivity index (χ1) is 9.28. The largest absolute Gasteiger partial charge is 0.481 e. The summed E-state index contributed by atoms with van der Waals surface area (Å²) in [7, 11) is 1.58. The van der Waals surface area contributed by atoms with E-state index in [1.54, 1.807) is 19.4 Å². The highest BCUT2D eigenvalue weighted by Gasteiger charge is 2.17. The molecule has 2 aromatic rings. The minimum atomic E-state index is 0.454. The molecule has 3 rings (SSSR count). The first-order valence-corrected chi connectivity index (χ1v) is 6.29. The van der Waals surface area contributed by atoms with Gasteiger partial charge < -0.3 is 9.47 Å². The number of aromatic nitrogens is 3. The molecule has 0 fully saturated rings. The Balaban J connectivity index is 2.02. The predicted molar refractivity (Wildman–Crippen MR) is 70.2 cm³/mol. The van der Waals surface area contributed by atoms with Gasteiger partial charge in [0.15, 0.2) is 5.82 Å². The van der Waals surface area contributed by atoms with Gasteiger partial charge in [-0.25, -0.2) is 15.0 Å². The Morgan fingerprint density at radius 2 is 2.21 bits per heavy atom. The van der Waals surface area contributed by atoms with Crippen LogP contribution in [0.25, 0.3) is 11.4 Å². The van der Waals surface area contributed by atoms with Gasteiger partial charge in [-0.3, -0.25) is 0 Å². The number of fused-ring (bicyclic) bond motifs is 1. The van der Waals surface area contributed by atoms with Crippen molar-refractivity contribution in [3.8, 4) is 17.3 Å². The second-order valence-electron chi connectivity index (χ2n) is 4.16. The van der Waals surface area contributed by atoms with E-state index >= 15 is 0 Å². The second-order valence-corrected chi connectivity index (χ2v) is 4.51. The van der Waals surface area contributed by atoms with Crippen LogP contribution < -0.4 is 4.74 Å². The Hall–Kier alpha value is -1.72. The highest BCUT2D eigenvalue weighted by molar-refractivity contribution is 6.30. The van der Waals surface area contributed by atoms with Crippen LogP contribution in [0.5, 0.6) is 5.88 Å². The molecule has 98 valence electrons. The third kappa shape index (κ3) is 2.39. The Morgan fingerprint density at radius 1 is 1.32 bits per heavy atom. The fourth-order valence-electron chi connectivity index (χ4n) is 1.95. The molecule has 0 amide bonds. The summed E-state index contributed by atoms with van der Waals surface area (Å²) in [5.41, 5.74) is 2.66. The molecule has 0 spiro atoms. The number of ether oxygens (including phenoxy) is 2. The summed E-state index contributed by atoms with van der Waals surface area (Å²) in [6.07, 6.45) is 2.43. The van der Waals surface area contributed by atoms with Crippen molar-refractivity contribution in [2.45, 2.75) is 13.0 Å². The summed E-state index contributed by atoms with van der Waals surface area (Å²) >= 11 is 6.18. The number of hydrogen-bond acceptors (Lipinski definition) is 5. The Bertz CT molecular complexity index is 602. The molecular formula is C13H12ClN3O2. The zero-order chi connectivity index (χ0) is 13.2. The summed E-state index contributed by atoms with van der Waals surface area (Å²) in [6.45, 7) is 1.15. The fraction of sp³-hybridized carbons (Fsp3) is 0.308. The van der Waals surface area contributed by atoms with Crippen LogP contribution in [-0.4, -0.2) is 28.7 Å². The molecule has 6 heteroatoms. The van der Waals surface area contributed by atoms with E-state index in [4.69, 9.17) is 21.1 Å². The maximum Gasteiger partial charge on any atom is 0.212 e. The number of methoxy groups -OCH3 is 1. The SMILES string of the molecule is COc1ccc(-c2nc(Cl)c3c(n2)CCOC3)cn1. The quantitative estimate of drug-likeness (QED) is 0.788. The highest BCUT2D eigenvalue weighted by atomic mass is 35.5. The summed E-state index contributed by atoms with van der Waals surface area (Å²) in [5.74, 6) is 1.14. The van der Waals surface area contributed by atoms with Gasteiger partial charge in [-0.1, -0.05) is 11.6 Å². The van der Waals surface area contributed by atoms with E-state index in [0.29, 0.717) is 30.1 Å². The third-order valence-corrected chi connectivity index (χ3v) is 3.29. The van der Waals surface area contributed by atoms with E-state index in [1.807, 2.05) is 6.07 Å².